The standard InChI is InChI=1S/C83H59N/c1-81(2)74-40-18-17-38-71(74)80-68(39-23-43-79(80)81)56-44-48-65(49-45-56)84(66-34-21-24-57(52-66)59-46-50-77-72(54-59)69-36-15-19-41-75(69)82(77,61-26-7-3-8-27-61)62-28-9-4-10-29-62)67-35-22-25-58(53-67)60-47-51-78-73(55-60)70-37-16-20-42-76(70)83(78,63-30-11-5-12-31-63)64-32-13-6-14-33-64/h3-55H,1-2H3. The molecular formula is C83H59N. The molecule has 0 aromatic heterocycles. The van der Waals surface area contributed by atoms with Crippen molar-refractivity contribution in [3.8, 4) is 66.8 Å². The Balaban J connectivity index is 0.841. The first-order valence-electron chi connectivity index (χ1n) is 29.5. The van der Waals surface area contributed by atoms with E-state index in [2.05, 4.69) is 340 Å². The highest BCUT2D eigenvalue weighted by Crippen LogP contribution is 2.59. The zero-order valence-corrected chi connectivity index (χ0v) is 47.0. The van der Waals surface area contributed by atoms with E-state index in [0.29, 0.717) is 0 Å². The van der Waals surface area contributed by atoms with Gasteiger partial charge in [-0.3, -0.25) is 0 Å². The van der Waals surface area contributed by atoms with Crippen LogP contribution in [0.4, 0.5) is 17.1 Å². The Bertz CT molecular complexity index is 4370. The van der Waals surface area contributed by atoms with Crippen LogP contribution in [-0.4, -0.2) is 0 Å². The molecule has 0 N–H and O–H groups in total. The van der Waals surface area contributed by atoms with Gasteiger partial charge in [0.05, 0.1) is 10.8 Å². The Kier molecular flexibility index (Phi) is 11.4. The van der Waals surface area contributed by atoms with E-state index in [1.165, 1.54) is 111 Å². The molecule has 0 radical (unpaired) electrons. The van der Waals surface area contributed by atoms with Crippen molar-refractivity contribution in [3.05, 3.63) is 377 Å². The predicted octanol–water partition coefficient (Wildman–Crippen LogP) is 21.2. The van der Waals surface area contributed by atoms with Gasteiger partial charge in [0.1, 0.15) is 0 Å². The minimum Gasteiger partial charge on any atom is -0.310 e. The van der Waals surface area contributed by atoms with E-state index in [1.807, 2.05) is 0 Å². The molecule has 0 unspecified atom stereocenters. The monoisotopic (exact) mass is 1070 g/mol. The van der Waals surface area contributed by atoms with Gasteiger partial charge in [0, 0.05) is 22.5 Å². The molecule has 0 atom stereocenters. The van der Waals surface area contributed by atoms with Crippen molar-refractivity contribution in [2.75, 3.05) is 4.90 Å². The predicted molar refractivity (Wildman–Crippen MR) is 350 cm³/mol. The fourth-order valence-electron chi connectivity index (χ4n) is 15.1. The number of rotatable bonds is 10. The summed E-state index contributed by atoms with van der Waals surface area (Å²) in [6.07, 6.45) is 0. The maximum absolute atomic E-state index is 2.45. The molecule has 0 spiro atoms. The lowest BCUT2D eigenvalue weighted by Gasteiger charge is -2.34. The zero-order valence-electron chi connectivity index (χ0n) is 47.0. The van der Waals surface area contributed by atoms with Gasteiger partial charge in [-0.1, -0.05) is 287 Å². The third-order valence-corrected chi connectivity index (χ3v) is 18.8. The maximum Gasteiger partial charge on any atom is 0.0713 e. The van der Waals surface area contributed by atoms with E-state index in [1.54, 1.807) is 0 Å². The van der Waals surface area contributed by atoms with Crippen molar-refractivity contribution >= 4 is 17.1 Å². The minimum atomic E-state index is -0.461. The van der Waals surface area contributed by atoms with Crippen LogP contribution >= 0.6 is 0 Å². The Morgan fingerprint density at radius 3 is 1.02 bits per heavy atom. The van der Waals surface area contributed by atoms with Crippen LogP contribution in [0.3, 0.4) is 0 Å². The van der Waals surface area contributed by atoms with Gasteiger partial charge in [-0.05, 0) is 171 Å². The van der Waals surface area contributed by atoms with E-state index in [9.17, 15) is 0 Å². The van der Waals surface area contributed by atoms with Gasteiger partial charge >= 0.3 is 0 Å². The van der Waals surface area contributed by atoms with Gasteiger partial charge in [0.15, 0.2) is 0 Å². The van der Waals surface area contributed by atoms with Crippen molar-refractivity contribution in [1.29, 1.82) is 0 Å². The summed E-state index contributed by atoms with van der Waals surface area (Å²) in [5.74, 6) is 0. The molecule has 13 aromatic carbocycles. The molecule has 1 nitrogen and oxygen atoms in total. The van der Waals surface area contributed by atoms with E-state index < -0.39 is 10.8 Å². The van der Waals surface area contributed by atoms with E-state index >= 15 is 0 Å². The van der Waals surface area contributed by atoms with Gasteiger partial charge in [-0.15, -0.1) is 0 Å². The molecular weight excluding hydrogens is 1010 g/mol. The first-order chi connectivity index (χ1) is 41.4. The summed E-state index contributed by atoms with van der Waals surface area (Å²) in [7, 11) is 0. The highest BCUT2D eigenvalue weighted by atomic mass is 15.1. The number of hydrogen-bond acceptors (Lipinski definition) is 1. The molecule has 0 saturated carbocycles. The molecule has 84 heavy (non-hydrogen) atoms. The summed E-state index contributed by atoms with van der Waals surface area (Å²) >= 11 is 0. The van der Waals surface area contributed by atoms with Gasteiger partial charge in [-0.25, -0.2) is 0 Å². The van der Waals surface area contributed by atoms with Crippen LogP contribution in [0.15, 0.2) is 322 Å². The summed E-state index contributed by atoms with van der Waals surface area (Å²) < 4.78 is 0. The lowest BCUT2D eigenvalue weighted by molar-refractivity contribution is 0.660. The zero-order chi connectivity index (χ0) is 56.0. The molecule has 3 aliphatic carbocycles. The topological polar surface area (TPSA) is 3.24 Å². The fraction of sp³-hybridized carbons (Fsp3) is 0.0602. The number of nitrogens with zero attached hydrogens (tertiary/aromatic N) is 1. The van der Waals surface area contributed by atoms with Gasteiger partial charge < -0.3 is 4.90 Å². The van der Waals surface area contributed by atoms with Crippen LogP contribution < -0.4 is 4.90 Å². The van der Waals surface area contributed by atoms with Gasteiger partial charge in [-0.2, -0.15) is 0 Å². The second-order valence-electron chi connectivity index (χ2n) is 23.5. The van der Waals surface area contributed by atoms with E-state index in [0.717, 1.165) is 28.2 Å². The molecule has 0 bridgehead atoms. The SMILES string of the molecule is CC1(C)c2ccccc2-c2c(-c3ccc(N(c4cccc(-c5ccc6c(c5)-c5ccccc5C6(c5ccccc5)c5ccccc5)c4)c4cccc(-c5ccc6c(c5)-c5ccccc5C6(c5ccccc5)c5ccccc5)c4)cc3)cccc21. The lowest BCUT2D eigenvalue weighted by atomic mass is 9.67. The molecule has 0 aliphatic heterocycles. The van der Waals surface area contributed by atoms with Crippen LogP contribution in [-0.2, 0) is 16.2 Å². The highest BCUT2D eigenvalue weighted by Gasteiger charge is 2.47. The lowest BCUT2D eigenvalue weighted by Crippen LogP contribution is -2.28. The van der Waals surface area contributed by atoms with E-state index in [4.69, 9.17) is 0 Å². The highest BCUT2D eigenvalue weighted by molar-refractivity contribution is 5.95. The van der Waals surface area contributed by atoms with Gasteiger partial charge in [0.2, 0.25) is 0 Å². The Morgan fingerprint density at radius 1 is 0.214 bits per heavy atom. The Morgan fingerprint density at radius 2 is 0.560 bits per heavy atom. The summed E-state index contributed by atoms with van der Waals surface area (Å²) in [4.78, 5) is 2.45. The summed E-state index contributed by atoms with van der Waals surface area (Å²) in [6.45, 7) is 4.72. The third kappa shape index (κ3) is 7.35. The summed E-state index contributed by atoms with van der Waals surface area (Å²) in [6, 6.07) is 120. The van der Waals surface area contributed by atoms with Crippen LogP contribution in [0.2, 0.25) is 0 Å². The van der Waals surface area contributed by atoms with Crippen LogP contribution in [0.1, 0.15) is 69.5 Å². The molecule has 0 heterocycles. The van der Waals surface area contributed by atoms with Crippen molar-refractivity contribution in [2.45, 2.75) is 30.1 Å². The average molecular weight is 1070 g/mol. The number of fused-ring (bicyclic) bond motifs is 9. The summed E-state index contributed by atoms with van der Waals surface area (Å²) in [5.41, 5.74) is 30.1. The van der Waals surface area contributed by atoms with Crippen LogP contribution in [0.5, 0.6) is 0 Å². The first kappa shape index (κ1) is 49.5. The second-order valence-corrected chi connectivity index (χ2v) is 23.5. The third-order valence-electron chi connectivity index (χ3n) is 18.8. The fourth-order valence-corrected chi connectivity index (χ4v) is 15.1. The average Bonchev–Trinajstić information content (AvgIpc) is 1.75. The largest absolute Gasteiger partial charge is 0.310 e. The first-order valence-corrected chi connectivity index (χ1v) is 29.5. The number of benzene rings is 13. The molecule has 1 heteroatoms. The minimum absolute atomic E-state index is 0.0844. The molecule has 396 valence electrons. The molecule has 3 aliphatic rings. The quantitative estimate of drug-likeness (QED) is 0.132. The van der Waals surface area contributed by atoms with Crippen molar-refractivity contribution in [3.63, 3.8) is 0 Å². The molecule has 16 rings (SSSR count). The normalized spacial score (nSPS) is 14.1. The smallest absolute Gasteiger partial charge is 0.0713 e. The van der Waals surface area contributed by atoms with Gasteiger partial charge in [0.25, 0.3) is 0 Å². The van der Waals surface area contributed by atoms with Crippen molar-refractivity contribution in [1.82, 2.24) is 0 Å². The van der Waals surface area contributed by atoms with Crippen LogP contribution in [0, 0.1) is 0 Å². The molecule has 0 fully saturated rings. The van der Waals surface area contributed by atoms with E-state index in [-0.39, 0.29) is 5.41 Å². The maximum atomic E-state index is 2.45. The van der Waals surface area contributed by atoms with Crippen LogP contribution in [0.25, 0.3) is 66.8 Å². The van der Waals surface area contributed by atoms with Crippen molar-refractivity contribution < 1.29 is 0 Å². The Hall–Kier alpha value is -10.3. The number of anilines is 3. The number of hydrogen-bond donors (Lipinski definition) is 0. The second kappa shape index (κ2) is 19.4. The summed E-state index contributed by atoms with van der Waals surface area (Å²) in [5, 5.41) is 0. The van der Waals surface area contributed by atoms with Crippen molar-refractivity contribution in [2.24, 2.45) is 0 Å². The molecule has 0 amide bonds. The Labute approximate surface area is 493 Å². The molecule has 0 saturated heterocycles. The molecule has 13 aromatic rings.